The van der Waals surface area contributed by atoms with Crippen LogP contribution in [0, 0.1) is 0 Å². The van der Waals surface area contributed by atoms with Crippen LogP contribution in [0.4, 0.5) is 0 Å². The molecule has 0 aromatic rings. The second-order valence-corrected chi connectivity index (χ2v) is 4.25. The molecule has 0 bridgehead atoms. The number of likely N-dealkylation sites (N-methyl/N-ethyl adjacent to an activating group) is 1. The van der Waals surface area contributed by atoms with Crippen molar-refractivity contribution in [1.29, 1.82) is 0 Å². The van der Waals surface area contributed by atoms with E-state index in [1.165, 1.54) is 11.1 Å². The van der Waals surface area contributed by atoms with Gasteiger partial charge in [0.05, 0.1) is 12.2 Å². The molecule has 0 saturated carbocycles. The summed E-state index contributed by atoms with van der Waals surface area (Å²) in [4.78, 5) is 2.74. The van der Waals surface area contributed by atoms with Gasteiger partial charge in [-0.05, 0) is 18.5 Å². The van der Waals surface area contributed by atoms with Crippen LogP contribution in [-0.4, -0.2) is 42.2 Å². The van der Waals surface area contributed by atoms with Gasteiger partial charge < -0.3 is 21.7 Å². The van der Waals surface area contributed by atoms with Gasteiger partial charge >= 0.3 is 0 Å². The first kappa shape index (κ1) is 10.0. The van der Waals surface area contributed by atoms with Gasteiger partial charge in [-0.15, -0.1) is 0 Å². The first-order chi connectivity index (χ1) is 6.63. The lowest BCUT2D eigenvalue weighted by Crippen LogP contribution is -2.60. The lowest BCUT2D eigenvalue weighted by atomic mass is 9.89. The van der Waals surface area contributed by atoms with E-state index in [0.29, 0.717) is 0 Å². The third-order valence-electron chi connectivity index (χ3n) is 3.06. The summed E-state index contributed by atoms with van der Waals surface area (Å²) in [5.74, 6) is 0. The van der Waals surface area contributed by atoms with Crippen molar-refractivity contribution >= 4 is 17.2 Å². The molecule has 2 aliphatic heterocycles. The molecule has 5 heteroatoms. The summed E-state index contributed by atoms with van der Waals surface area (Å²) < 4.78 is 0. The highest BCUT2D eigenvalue weighted by molar-refractivity contribution is 7.80. The average Bonchev–Trinajstić information content (AvgIpc) is 2.23. The summed E-state index contributed by atoms with van der Waals surface area (Å²) in [6.45, 7) is 1.81. The highest BCUT2D eigenvalue weighted by atomic mass is 32.1. The number of nitrogens with zero attached hydrogens (tertiary/aromatic N) is 1. The molecule has 2 atom stereocenters. The molecule has 0 aromatic heterocycles. The van der Waals surface area contributed by atoms with Crippen molar-refractivity contribution in [3.05, 3.63) is 11.1 Å². The number of hydrogen-bond donors (Lipinski definition) is 3. The van der Waals surface area contributed by atoms with Crippen LogP contribution in [0.2, 0.25) is 0 Å². The topological polar surface area (TPSA) is 67.3 Å². The van der Waals surface area contributed by atoms with Gasteiger partial charge in [0, 0.05) is 19.2 Å². The largest absolute Gasteiger partial charge is 0.348 e. The number of nitrogens with two attached hydrogens (primary N) is 2. The van der Waals surface area contributed by atoms with Crippen molar-refractivity contribution in [3.8, 4) is 0 Å². The van der Waals surface area contributed by atoms with Gasteiger partial charge in [0.25, 0.3) is 0 Å². The van der Waals surface area contributed by atoms with Crippen LogP contribution < -0.4 is 16.8 Å². The molecular weight excluding hydrogens is 196 g/mol. The molecule has 0 saturated heterocycles. The molecule has 0 amide bonds. The van der Waals surface area contributed by atoms with Gasteiger partial charge in [0.1, 0.15) is 4.99 Å². The Morgan fingerprint density at radius 1 is 1.50 bits per heavy atom. The normalized spacial score (nSPS) is 33.4. The fraction of sp³-hybridized carbons (Fsp3) is 0.667. The molecular formula is C9H16N4S. The van der Waals surface area contributed by atoms with Crippen molar-refractivity contribution in [2.75, 3.05) is 20.1 Å². The highest BCUT2D eigenvalue weighted by Crippen LogP contribution is 2.25. The van der Waals surface area contributed by atoms with Crippen LogP contribution in [-0.2, 0) is 0 Å². The Hall–Kier alpha value is -0.490. The summed E-state index contributed by atoms with van der Waals surface area (Å²) in [7, 11) is 1.91. The Morgan fingerprint density at radius 2 is 2.21 bits per heavy atom. The zero-order valence-corrected chi connectivity index (χ0v) is 9.10. The maximum absolute atomic E-state index is 6.07. The van der Waals surface area contributed by atoms with Crippen LogP contribution in [0.1, 0.15) is 6.42 Å². The van der Waals surface area contributed by atoms with E-state index in [1.807, 2.05) is 11.9 Å². The number of hydrogen-bond acceptors (Lipinski definition) is 4. The van der Waals surface area contributed by atoms with E-state index in [1.54, 1.807) is 0 Å². The summed E-state index contributed by atoms with van der Waals surface area (Å²) in [6, 6.07) is -0.0659. The quantitative estimate of drug-likeness (QED) is 0.457. The first-order valence-corrected chi connectivity index (χ1v) is 5.24. The minimum atomic E-state index is -0.167. The van der Waals surface area contributed by atoms with Crippen molar-refractivity contribution < 1.29 is 0 Å². The van der Waals surface area contributed by atoms with Crippen molar-refractivity contribution in [2.24, 2.45) is 11.5 Å². The predicted octanol–water partition coefficient (Wildman–Crippen LogP) is -0.839. The van der Waals surface area contributed by atoms with Crippen molar-refractivity contribution in [2.45, 2.75) is 18.6 Å². The molecule has 14 heavy (non-hydrogen) atoms. The van der Waals surface area contributed by atoms with Gasteiger partial charge in [-0.25, -0.2) is 0 Å². The minimum Gasteiger partial charge on any atom is -0.348 e. The van der Waals surface area contributed by atoms with Crippen molar-refractivity contribution in [1.82, 2.24) is 10.2 Å². The molecule has 5 N–H and O–H groups in total. The molecule has 2 unspecified atom stereocenters. The van der Waals surface area contributed by atoms with Gasteiger partial charge in [0.2, 0.25) is 0 Å². The second kappa shape index (κ2) is 3.58. The van der Waals surface area contributed by atoms with E-state index in [9.17, 15) is 0 Å². The fourth-order valence-electron chi connectivity index (χ4n) is 2.08. The molecule has 0 spiro atoms. The molecule has 0 fully saturated rings. The van der Waals surface area contributed by atoms with Gasteiger partial charge in [-0.1, -0.05) is 12.2 Å². The minimum absolute atomic E-state index is 0.0659. The molecule has 0 radical (unpaired) electrons. The predicted molar refractivity (Wildman–Crippen MR) is 60.8 cm³/mol. The van der Waals surface area contributed by atoms with Gasteiger partial charge in [-0.2, -0.15) is 0 Å². The Morgan fingerprint density at radius 3 is 2.93 bits per heavy atom. The van der Waals surface area contributed by atoms with E-state index in [-0.39, 0.29) is 12.2 Å². The van der Waals surface area contributed by atoms with Crippen LogP contribution in [0.5, 0.6) is 0 Å². The van der Waals surface area contributed by atoms with Crippen LogP contribution in [0.15, 0.2) is 11.1 Å². The maximum Gasteiger partial charge on any atom is 0.107 e. The Labute approximate surface area is 89.3 Å². The molecule has 2 aliphatic rings. The molecule has 0 aliphatic carbocycles. The Balaban J connectivity index is 2.40. The lowest BCUT2D eigenvalue weighted by molar-refractivity contribution is 0.324. The summed E-state index contributed by atoms with van der Waals surface area (Å²) in [6.07, 6.45) is 0.803. The summed E-state index contributed by atoms with van der Waals surface area (Å²) in [5, 5.41) is 3.30. The van der Waals surface area contributed by atoms with Crippen molar-refractivity contribution in [3.63, 3.8) is 0 Å². The second-order valence-electron chi connectivity index (χ2n) is 3.86. The van der Waals surface area contributed by atoms with Crippen LogP contribution >= 0.6 is 12.2 Å². The molecule has 2 heterocycles. The van der Waals surface area contributed by atoms with E-state index in [2.05, 4.69) is 5.32 Å². The number of thiocarbonyl (C=S) groups is 1. The molecule has 4 nitrogen and oxygen atoms in total. The SMILES string of the molecule is CN1C(=S)C2=C(CCNC2)C(N)C1N. The zero-order valence-electron chi connectivity index (χ0n) is 8.29. The highest BCUT2D eigenvalue weighted by Gasteiger charge is 2.33. The van der Waals surface area contributed by atoms with E-state index < -0.39 is 0 Å². The van der Waals surface area contributed by atoms with Crippen LogP contribution in [0.25, 0.3) is 0 Å². The standard InChI is InChI=1S/C9H16N4S/c1-13-8(11)7(10)5-2-3-12-4-6(5)9(13)14/h7-8,12H,2-4,10-11H2,1H3. The van der Waals surface area contributed by atoms with E-state index >= 15 is 0 Å². The average molecular weight is 212 g/mol. The number of rotatable bonds is 0. The molecule has 2 rings (SSSR count). The van der Waals surface area contributed by atoms with Gasteiger partial charge in [-0.3, -0.25) is 0 Å². The third kappa shape index (κ3) is 1.37. The summed E-state index contributed by atoms with van der Waals surface area (Å²) in [5.41, 5.74) is 14.5. The van der Waals surface area contributed by atoms with Gasteiger partial charge in [0.15, 0.2) is 0 Å². The number of nitrogens with one attached hydrogen (secondary N) is 1. The maximum atomic E-state index is 6.07. The summed E-state index contributed by atoms with van der Waals surface area (Å²) >= 11 is 5.35. The first-order valence-electron chi connectivity index (χ1n) is 4.84. The van der Waals surface area contributed by atoms with Crippen LogP contribution in [0.3, 0.4) is 0 Å². The lowest BCUT2D eigenvalue weighted by Gasteiger charge is -2.41. The molecule has 78 valence electrons. The smallest absolute Gasteiger partial charge is 0.107 e. The monoisotopic (exact) mass is 212 g/mol. The third-order valence-corrected chi connectivity index (χ3v) is 3.59. The van der Waals surface area contributed by atoms with E-state index in [4.69, 9.17) is 23.7 Å². The Bertz CT molecular complexity index is 299. The zero-order chi connectivity index (χ0) is 10.3. The van der Waals surface area contributed by atoms with E-state index in [0.717, 1.165) is 24.5 Å². The fourth-order valence-corrected chi connectivity index (χ4v) is 2.40. The Kier molecular flexibility index (Phi) is 2.57. The molecule has 0 aromatic carbocycles.